The van der Waals surface area contributed by atoms with Gasteiger partial charge in [-0.05, 0) is 30.2 Å². The predicted molar refractivity (Wildman–Crippen MR) is 120 cm³/mol. The highest BCUT2D eigenvalue weighted by Crippen LogP contribution is 2.15. The molecular weight excluding hydrogens is 408 g/mol. The van der Waals surface area contributed by atoms with Crippen molar-refractivity contribution in [2.24, 2.45) is 0 Å². The fraction of sp³-hybridized carbons (Fsp3) is 0.292. The molecule has 1 N–H and O–H groups in total. The fourth-order valence-electron chi connectivity index (χ4n) is 3.24. The number of unbranched alkanes of at least 4 members (excludes halogenated alkanes) is 2. The fourth-order valence-corrected chi connectivity index (χ4v) is 3.24. The summed E-state index contributed by atoms with van der Waals surface area (Å²) in [6, 6.07) is 15.6. The number of nitrogens with zero attached hydrogens (tertiary/aromatic N) is 3. The van der Waals surface area contributed by atoms with Crippen LogP contribution in [0.4, 0.5) is 5.69 Å². The van der Waals surface area contributed by atoms with Crippen molar-refractivity contribution in [1.82, 2.24) is 9.78 Å². The molecule has 0 aliphatic heterocycles. The Morgan fingerprint density at radius 3 is 2.50 bits per heavy atom. The summed E-state index contributed by atoms with van der Waals surface area (Å²) in [7, 11) is 0. The lowest BCUT2D eigenvalue weighted by Gasteiger charge is -2.11. The first kappa shape index (κ1) is 22.7. The van der Waals surface area contributed by atoms with Crippen molar-refractivity contribution in [2.75, 3.05) is 11.9 Å². The van der Waals surface area contributed by atoms with Gasteiger partial charge in [0.1, 0.15) is 0 Å². The number of hydrogen-bond acceptors (Lipinski definition) is 6. The van der Waals surface area contributed by atoms with Gasteiger partial charge < -0.3 is 10.1 Å². The normalized spacial score (nSPS) is 10.5. The number of esters is 1. The van der Waals surface area contributed by atoms with Crippen molar-refractivity contribution in [3.8, 4) is 6.07 Å². The molecule has 0 bridgehead atoms. The van der Waals surface area contributed by atoms with Crippen LogP contribution in [0, 0.1) is 11.3 Å². The Bertz CT molecular complexity index is 1210. The second-order valence-corrected chi connectivity index (χ2v) is 7.29. The Balaban J connectivity index is 1.71. The van der Waals surface area contributed by atoms with Crippen LogP contribution in [0.25, 0.3) is 10.8 Å². The first-order valence-corrected chi connectivity index (χ1v) is 10.5. The van der Waals surface area contributed by atoms with E-state index in [9.17, 15) is 14.4 Å². The molecule has 0 saturated carbocycles. The maximum atomic E-state index is 12.7. The van der Waals surface area contributed by atoms with Gasteiger partial charge in [0, 0.05) is 17.6 Å². The van der Waals surface area contributed by atoms with Crippen LogP contribution in [-0.4, -0.2) is 28.3 Å². The molecule has 0 saturated heterocycles. The molecule has 3 rings (SSSR count). The Morgan fingerprint density at radius 2 is 1.81 bits per heavy atom. The third-order valence-electron chi connectivity index (χ3n) is 4.89. The molecule has 0 unspecified atom stereocenters. The molecule has 2 aromatic carbocycles. The third kappa shape index (κ3) is 5.58. The van der Waals surface area contributed by atoms with Crippen molar-refractivity contribution < 1.29 is 14.3 Å². The number of anilines is 1. The Morgan fingerprint density at radius 1 is 1.09 bits per heavy atom. The summed E-state index contributed by atoms with van der Waals surface area (Å²) in [6.45, 7) is 1.97. The summed E-state index contributed by atoms with van der Waals surface area (Å²) in [4.78, 5) is 37.6. The van der Waals surface area contributed by atoms with Gasteiger partial charge in [-0.1, -0.05) is 50.1 Å². The predicted octanol–water partition coefficient (Wildman–Crippen LogP) is 3.45. The number of rotatable bonds is 9. The van der Waals surface area contributed by atoms with Crippen LogP contribution in [0.1, 0.15) is 42.2 Å². The summed E-state index contributed by atoms with van der Waals surface area (Å²) in [5.74, 6) is -1.28. The average molecular weight is 432 g/mol. The summed E-state index contributed by atoms with van der Waals surface area (Å²) in [6.07, 6.45) is 2.99. The van der Waals surface area contributed by atoms with Gasteiger partial charge in [0.05, 0.1) is 17.9 Å². The van der Waals surface area contributed by atoms with Gasteiger partial charge >= 0.3 is 5.97 Å². The molecule has 1 aromatic heterocycles. The van der Waals surface area contributed by atoms with Gasteiger partial charge in [-0.2, -0.15) is 10.4 Å². The Hall–Kier alpha value is -3.99. The zero-order valence-electron chi connectivity index (χ0n) is 17.8. The molecule has 1 amide bonds. The summed E-state index contributed by atoms with van der Waals surface area (Å²) in [5.41, 5.74) is 1.11. The smallest absolute Gasteiger partial charge is 0.359 e. The first-order valence-electron chi connectivity index (χ1n) is 10.5. The molecule has 0 aliphatic rings. The minimum absolute atomic E-state index is 0.00496. The summed E-state index contributed by atoms with van der Waals surface area (Å²) in [5, 5.41) is 16.4. The van der Waals surface area contributed by atoms with Crippen LogP contribution in [0.3, 0.4) is 0 Å². The second-order valence-electron chi connectivity index (χ2n) is 7.29. The van der Waals surface area contributed by atoms with Crippen molar-refractivity contribution in [3.05, 3.63) is 70.1 Å². The van der Waals surface area contributed by atoms with Crippen LogP contribution in [0.2, 0.25) is 0 Å². The molecule has 8 heteroatoms. The number of nitrogens with one attached hydrogen (secondary N) is 1. The number of nitriles is 1. The molecule has 3 aromatic rings. The van der Waals surface area contributed by atoms with E-state index in [-0.39, 0.29) is 17.7 Å². The van der Waals surface area contributed by atoms with Crippen molar-refractivity contribution in [1.29, 1.82) is 5.26 Å². The van der Waals surface area contributed by atoms with E-state index in [0.717, 1.165) is 24.8 Å². The molecule has 0 radical (unpaired) electrons. The van der Waals surface area contributed by atoms with E-state index in [0.29, 0.717) is 23.0 Å². The molecule has 0 spiro atoms. The highest BCUT2D eigenvalue weighted by molar-refractivity contribution is 6.03. The van der Waals surface area contributed by atoms with E-state index in [4.69, 9.17) is 10.00 Å². The largest absolute Gasteiger partial charge is 0.451 e. The van der Waals surface area contributed by atoms with E-state index in [2.05, 4.69) is 23.4 Å². The Labute approximate surface area is 185 Å². The third-order valence-corrected chi connectivity index (χ3v) is 4.89. The highest BCUT2D eigenvalue weighted by Gasteiger charge is 2.19. The van der Waals surface area contributed by atoms with Crippen LogP contribution >= 0.6 is 0 Å². The number of hydrogen-bond donors (Lipinski definition) is 1. The minimum atomic E-state index is -0.773. The molecule has 0 fully saturated rings. The van der Waals surface area contributed by atoms with Gasteiger partial charge in [0.2, 0.25) is 0 Å². The lowest BCUT2D eigenvalue weighted by Crippen LogP contribution is -2.28. The monoisotopic (exact) mass is 432 g/mol. The minimum Gasteiger partial charge on any atom is -0.451 e. The van der Waals surface area contributed by atoms with Gasteiger partial charge in [0.15, 0.2) is 12.3 Å². The highest BCUT2D eigenvalue weighted by atomic mass is 16.5. The number of ether oxygens (including phenoxy) is 1. The molecule has 8 nitrogen and oxygen atoms in total. The number of aromatic nitrogens is 2. The van der Waals surface area contributed by atoms with Gasteiger partial charge in [-0.15, -0.1) is 0 Å². The molecular formula is C24H24N4O4. The number of carbonyl (C=O) groups excluding carboxylic acids is 2. The van der Waals surface area contributed by atoms with E-state index in [1.165, 1.54) is 4.68 Å². The number of amides is 1. The number of fused-ring (bicyclic) bond motifs is 1. The van der Waals surface area contributed by atoms with Crippen LogP contribution in [0.15, 0.2) is 53.3 Å². The molecule has 0 atom stereocenters. The number of benzene rings is 2. The van der Waals surface area contributed by atoms with Crippen molar-refractivity contribution in [3.63, 3.8) is 0 Å². The zero-order chi connectivity index (χ0) is 22.9. The van der Waals surface area contributed by atoms with E-state index in [1.807, 2.05) is 0 Å². The zero-order valence-corrected chi connectivity index (χ0v) is 17.8. The maximum Gasteiger partial charge on any atom is 0.359 e. The second kappa shape index (κ2) is 10.9. The lowest BCUT2D eigenvalue weighted by molar-refractivity contribution is -0.119. The van der Waals surface area contributed by atoms with Crippen LogP contribution < -0.4 is 10.9 Å². The van der Waals surface area contributed by atoms with E-state index in [1.54, 1.807) is 48.5 Å². The van der Waals surface area contributed by atoms with Gasteiger partial charge in [0.25, 0.3) is 11.5 Å². The van der Waals surface area contributed by atoms with Crippen LogP contribution in [-0.2, 0) is 22.5 Å². The number of aryl methyl sites for hydroxylation is 1. The quantitative estimate of drug-likeness (QED) is 0.409. The topological polar surface area (TPSA) is 114 Å². The van der Waals surface area contributed by atoms with Crippen molar-refractivity contribution in [2.45, 2.75) is 39.2 Å². The molecule has 32 heavy (non-hydrogen) atoms. The SMILES string of the molecule is CCCCCn1nc(C(=O)OCC(=O)Nc2ccc(CC#N)cc2)c2ccccc2c1=O. The maximum absolute atomic E-state index is 12.7. The van der Waals surface area contributed by atoms with E-state index >= 15 is 0 Å². The van der Waals surface area contributed by atoms with E-state index < -0.39 is 18.5 Å². The van der Waals surface area contributed by atoms with Gasteiger partial charge in [-0.25, -0.2) is 9.48 Å². The lowest BCUT2D eigenvalue weighted by atomic mass is 10.1. The average Bonchev–Trinajstić information content (AvgIpc) is 2.80. The molecule has 1 heterocycles. The first-order chi connectivity index (χ1) is 15.5. The summed E-state index contributed by atoms with van der Waals surface area (Å²) < 4.78 is 6.47. The van der Waals surface area contributed by atoms with Crippen LogP contribution in [0.5, 0.6) is 0 Å². The van der Waals surface area contributed by atoms with Crippen molar-refractivity contribution >= 4 is 28.3 Å². The number of carbonyl (C=O) groups is 2. The molecule has 164 valence electrons. The summed E-state index contributed by atoms with van der Waals surface area (Å²) >= 11 is 0. The van der Waals surface area contributed by atoms with Gasteiger partial charge in [-0.3, -0.25) is 9.59 Å². The Kier molecular flexibility index (Phi) is 7.70. The molecule has 0 aliphatic carbocycles. The standard InChI is InChI=1S/C24H24N4O4/c1-2-3-6-15-28-23(30)20-8-5-4-7-19(20)22(27-28)24(31)32-16-21(29)26-18-11-9-17(10-12-18)13-14-25/h4-5,7-12H,2-3,6,13,15-16H2,1H3,(H,26,29).